The first-order valence-electron chi connectivity index (χ1n) is 10.8. The van der Waals surface area contributed by atoms with Gasteiger partial charge in [-0.15, -0.1) is 0 Å². The number of hydrogen-bond acceptors (Lipinski definition) is 6. The third-order valence-corrected chi connectivity index (χ3v) is 7.65. The van der Waals surface area contributed by atoms with Gasteiger partial charge < -0.3 is 9.72 Å². The van der Waals surface area contributed by atoms with Gasteiger partial charge in [0.2, 0.25) is 10.0 Å². The first-order valence-corrected chi connectivity index (χ1v) is 13.5. The van der Waals surface area contributed by atoms with Crippen molar-refractivity contribution in [2.45, 2.75) is 23.6 Å². The normalized spacial score (nSPS) is 12.5. The number of aromatic nitrogens is 2. The molecular formula is C25H25N3O4S2. The molecule has 1 unspecified atom stereocenters. The van der Waals surface area contributed by atoms with Gasteiger partial charge in [-0.25, -0.2) is 13.4 Å². The number of hydrogen-bond donors (Lipinski definition) is 2. The van der Waals surface area contributed by atoms with Crippen LogP contribution in [-0.2, 0) is 25.3 Å². The Labute approximate surface area is 203 Å². The fraction of sp³-hybridized carbons (Fsp3) is 0.200. The molecule has 0 aliphatic rings. The summed E-state index contributed by atoms with van der Waals surface area (Å²) in [6.07, 6.45) is 0. The lowest BCUT2D eigenvalue weighted by Gasteiger charge is -2.17. The Hall–Kier alpha value is -3.14. The van der Waals surface area contributed by atoms with E-state index in [9.17, 15) is 13.2 Å². The molecule has 0 aliphatic carbocycles. The molecule has 34 heavy (non-hydrogen) atoms. The minimum atomic E-state index is -3.98. The van der Waals surface area contributed by atoms with Gasteiger partial charge in [0.15, 0.2) is 0 Å². The van der Waals surface area contributed by atoms with Crippen LogP contribution in [0.15, 0.2) is 83.8 Å². The van der Waals surface area contributed by atoms with Crippen LogP contribution >= 0.6 is 11.8 Å². The largest absolute Gasteiger partial charge is 0.465 e. The van der Waals surface area contributed by atoms with E-state index in [1.807, 2.05) is 60.7 Å². The molecule has 0 saturated heterocycles. The second-order valence-corrected chi connectivity index (χ2v) is 10.3. The fourth-order valence-corrected chi connectivity index (χ4v) is 5.72. The van der Waals surface area contributed by atoms with E-state index in [2.05, 4.69) is 14.7 Å². The van der Waals surface area contributed by atoms with Gasteiger partial charge in [-0.05, 0) is 30.7 Å². The number of esters is 1. The Bertz CT molecular complexity index is 1360. The van der Waals surface area contributed by atoms with Crippen molar-refractivity contribution in [2.75, 3.05) is 12.4 Å². The summed E-state index contributed by atoms with van der Waals surface area (Å²) in [6.45, 7) is 1.86. The lowest BCUT2D eigenvalue weighted by atomic mass is 10.2. The van der Waals surface area contributed by atoms with E-state index in [-0.39, 0.29) is 17.3 Å². The van der Waals surface area contributed by atoms with Crippen molar-refractivity contribution < 1.29 is 17.9 Å². The van der Waals surface area contributed by atoms with E-state index in [1.54, 1.807) is 13.0 Å². The summed E-state index contributed by atoms with van der Waals surface area (Å²) in [6, 6.07) is 23.0. The first kappa shape index (κ1) is 24.0. The minimum Gasteiger partial charge on any atom is -0.465 e. The SMILES string of the molecule is CCOC(=O)C(CSCc1ccccc1)NS(=O)(=O)c1ccc2nc(-c3ccccc3)[nH]c2c1. The highest BCUT2D eigenvalue weighted by molar-refractivity contribution is 7.98. The van der Waals surface area contributed by atoms with Gasteiger partial charge in [0.05, 0.1) is 22.5 Å². The molecule has 0 aliphatic heterocycles. The van der Waals surface area contributed by atoms with E-state index >= 15 is 0 Å². The number of imidazole rings is 1. The topological polar surface area (TPSA) is 101 Å². The average molecular weight is 496 g/mol. The summed E-state index contributed by atoms with van der Waals surface area (Å²) in [4.78, 5) is 20.3. The van der Waals surface area contributed by atoms with Crippen LogP contribution in [0.4, 0.5) is 0 Å². The van der Waals surface area contributed by atoms with Crippen molar-refractivity contribution in [1.82, 2.24) is 14.7 Å². The van der Waals surface area contributed by atoms with Crippen LogP contribution in [-0.4, -0.2) is 42.8 Å². The molecule has 7 nitrogen and oxygen atoms in total. The van der Waals surface area contributed by atoms with Crippen molar-refractivity contribution in [2.24, 2.45) is 0 Å². The molecule has 2 N–H and O–H groups in total. The molecule has 1 heterocycles. The van der Waals surface area contributed by atoms with Gasteiger partial charge in [0.25, 0.3) is 0 Å². The molecule has 3 aromatic carbocycles. The molecule has 4 rings (SSSR count). The Morgan fingerprint density at radius 1 is 1.06 bits per heavy atom. The zero-order valence-electron chi connectivity index (χ0n) is 18.6. The predicted molar refractivity (Wildman–Crippen MR) is 135 cm³/mol. The number of rotatable bonds is 10. The molecular weight excluding hydrogens is 470 g/mol. The Morgan fingerprint density at radius 2 is 1.76 bits per heavy atom. The second-order valence-electron chi connectivity index (χ2n) is 7.56. The lowest BCUT2D eigenvalue weighted by molar-refractivity contribution is -0.144. The van der Waals surface area contributed by atoms with Crippen LogP contribution in [0.3, 0.4) is 0 Å². The maximum absolute atomic E-state index is 13.1. The van der Waals surface area contributed by atoms with Crippen molar-refractivity contribution in [3.05, 3.63) is 84.4 Å². The lowest BCUT2D eigenvalue weighted by Crippen LogP contribution is -2.43. The Balaban J connectivity index is 1.52. The Morgan fingerprint density at radius 3 is 2.47 bits per heavy atom. The number of thioether (sulfide) groups is 1. The van der Waals surface area contributed by atoms with Crippen molar-refractivity contribution >= 4 is 38.8 Å². The van der Waals surface area contributed by atoms with E-state index < -0.39 is 22.0 Å². The number of fused-ring (bicyclic) bond motifs is 1. The molecule has 0 bridgehead atoms. The maximum atomic E-state index is 13.1. The summed E-state index contributed by atoms with van der Waals surface area (Å²) < 4.78 is 33.9. The number of carbonyl (C=O) groups is 1. The summed E-state index contributed by atoms with van der Waals surface area (Å²) >= 11 is 1.46. The van der Waals surface area contributed by atoms with Gasteiger partial charge in [0.1, 0.15) is 11.9 Å². The number of ether oxygens (including phenoxy) is 1. The number of carbonyl (C=O) groups excluding carboxylic acids is 1. The monoisotopic (exact) mass is 495 g/mol. The number of nitrogens with one attached hydrogen (secondary N) is 2. The molecule has 0 spiro atoms. The molecule has 1 atom stereocenters. The number of benzene rings is 3. The third kappa shape index (κ3) is 5.85. The quantitative estimate of drug-likeness (QED) is 0.317. The van der Waals surface area contributed by atoms with E-state index in [0.717, 1.165) is 11.1 Å². The summed E-state index contributed by atoms with van der Waals surface area (Å²) in [5, 5.41) is 0. The Kier molecular flexibility index (Phi) is 7.66. The summed E-state index contributed by atoms with van der Waals surface area (Å²) in [7, 11) is -3.98. The molecule has 1 aromatic heterocycles. The number of H-pyrrole nitrogens is 1. The predicted octanol–water partition coefficient (Wildman–Crippen LogP) is 4.37. The van der Waals surface area contributed by atoms with Crippen LogP contribution < -0.4 is 4.72 Å². The van der Waals surface area contributed by atoms with Crippen molar-refractivity contribution in [1.29, 1.82) is 0 Å². The second kappa shape index (κ2) is 10.9. The van der Waals surface area contributed by atoms with Gasteiger partial charge in [0, 0.05) is 17.1 Å². The maximum Gasteiger partial charge on any atom is 0.325 e. The van der Waals surface area contributed by atoms with Gasteiger partial charge in [-0.1, -0.05) is 60.7 Å². The van der Waals surface area contributed by atoms with E-state index in [0.29, 0.717) is 22.6 Å². The molecule has 176 valence electrons. The van der Waals surface area contributed by atoms with Crippen molar-refractivity contribution in [3.8, 4) is 11.4 Å². The van der Waals surface area contributed by atoms with Crippen LogP contribution in [0.2, 0.25) is 0 Å². The van der Waals surface area contributed by atoms with Crippen LogP contribution in [0.5, 0.6) is 0 Å². The summed E-state index contributed by atoms with van der Waals surface area (Å²) in [5.74, 6) is 0.957. The standard InChI is InChI=1S/C25H25N3O4S2/c1-2-32-25(29)23(17-33-16-18-9-5-3-6-10-18)28-34(30,31)20-13-14-21-22(15-20)27-24(26-21)19-11-7-4-8-12-19/h3-15,23,28H,2,16-17H2,1H3,(H,26,27). The molecule has 0 saturated carbocycles. The van der Waals surface area contributed by atoms with Crippen LogP contribution in [0.1, 0.15) is 12.5 Å². The van der Waals surface area contributed by atoms with Crippen LogP contribution in [0.25, 0.3) is 22.4 Å². The molecule has 4 aromatic rings. The van der Waals surface area contributed by atoms with Gasteiger partial charge >= 0.3 is 5.97 Å². The minimum absolute atomic E-state index is 0.0469. The number of nitrogens with zero attached hydrogens (tertiary/aromatic N) is 1. The van der Waals surface area contributed by atoms with E-state index in [1.165, 1.54) is 23.9 Å². The fourth-order valence-electron chi connectivity index (χ4n) is 3.41. The zero-order chi connectivity index (χ0) is 24.0. The third-order valence-electron chi connectivity index (χ3n) is 5.08. The van der Waals surface area contributed by atoms with Gasteiger partial charge in [-0.2, -0.15) is 16.5 Å². The summed E-state index contributed by atoms with van der Waals surface area (Å²) in [5.41, 5.74) is 3.24. The highest BCUT2D eigenvalue weighted by Gasteiger charge is 2.27. The zero-order valence-corrected chi connectivity index (χ0v) is 20.2. The molecule has 0 radical (unpaired) electrons. The van der Waals surface area contributed by atoms with Crippen LogP contribution in [0, 0.1) is 0 Å². The van der Waals surface area contributed by atoms with Crippen molar-refractivity contribution in [3.63, 3.8) is 0 Å². The van der Waals surface area contributed by atoms with Gasteiger partial charge in [-0.3, -0.25) is 4.79 Å². The number of sulfonamides is 1. The average Bonchev–Trinajstić information content (AvgIpc) is 3.28. The highest BCUT2D eigenvalue weighted by atomic mass is 32.2. The van der Waals surface area contributed by atoms with E-state index in [4.69, 9.17) is 4.74 Å². The first-order chi connectivity index (χ1) is 16.5. The molecule has 0 fully saturated rings. The smallest absolute Gasteiger partial charge is 0.325 e. The number of aromatic amines is 1. The molecule has 0 amide bonds. The highest BCUT2D eigenvalue weighted by Crippen LogP contribution is 2.23. The molecule has 9 heteroatoms.